The highest BCUT2D eigenvalue weighted by Crippen LogP contribution is 2.57. The molecule has 2 spiro atoms. The molecule has 0 aromatic heterocycles. The second kappa shape index (κ2) is 11.3. The Labute approximate surface area is 213 Å². The van der Waals surface area contributed by atoms with Gasteiger partial charge in [-0.3, -0.25) is 14.5 Å². The standard InChI is InChI=1S/C23H32FN3O3.C2HF3O2/c1-3-26-13-10-23(21(26)29)17-25(14-15-30-2)16-22(23)8-11-27(12-9-22)20(28)18-6-4-5-7-19(18)24;3-2(4,5)1(6)7/h4-7H,3,8-17H2,1-2H3;(H,6,7). The molecular weight excluding hydrogens is 498 g/mol. The number of carbonyl (C=O) groups is 3. The monoisotopic (exact) mass is 531 g/mol. The molecule has 2 amide bonds. The lowest BCUT2D eigenvalue weighted by Gasteiger charge is -2.47. The Hall–Kier alpha value is -2.73. The lowest BCUT2D eigenvalue weighted by Crippen LogP contribution is -2.53. The number of hydrogen-bond donors (Lipinski definition) is 1. The Morgan fingerprint density at radius 3 is 2.22 bits per heavy atom. The summed E-state index contributed by atoms with van der Waals surface area (Å²) in [6, 6.07) is 6.16. The molecule has 0 aliphatic carbocycles. The van der Waals surface area contributed by atoms with Gasteiger partial charge in [0, 0.05) is 58.3 Å². The van der Waals surface area contributed by atoms with Gasteiger partial charge in [0.1, 0.15) is 5.82 Å². The van der Waals surface area contributed by atoms with E-state index in [4.69, 9.17) is 14.6 Å². The number of carboxylic acids is 1. The van der Waals surface area contributed by atoms with Gasteiger partial charge in [0.05, 0.1) is 17.6 Å². The first-order chi connectivity index (χ1) is 17.4. The van der Waals surface area contributed by atoms with Crippen LogP contribution in [-0.4, -0.2) is 103 Å². The van der Waals surface area contributed by atoms with Crippen LogP contribution in [0.25, 0.3) is 0 Å². The average Bonchev–Trinajstić information content (AvgIpc) is 3.34. The number of carboxylic acid groups (broad SMARTS) is 1. The van der Waals surface area contributed by atoms with Gasteiger partial charge in [-0.05, 0) is 38.3 Å². The highest BCUT2D eigenvalue weighted by Gasteiger charge is 2.64. The predicted molar refractivity (Wildman–Crippen MR) is 125 cm³/mol. The molecule has 3 saturated heterocycles. The summed E-state index contributed by atoms with van der Waals surface area (Å²) in [6.45, 7) is 7.82. The summed E-state index contributed by atoms with van der Waals surface area (Å²) in [6.07, 6.45) is -2.65. The van der Waals surface area contributed by atoms with Crippen molar-refractivity contribution in [1.29, 1.82) is 0 Å². The number of nitrogens with zero attached hydrogens (tertiary/aromatic N) is 3. The van der Waals surface area contributed by atoms with E-state index in [1.54, 1.807) is 30.2 Å². The molecular formula is C25H33F4N3O5. The third-order valence-corrected chi connectivity index (χ3v) is 7.89. The third-order valence-electron chi connectivity index (χ3n) is 7.89. The molecule has 3 aliphatic heterocycles. The zero-order valence-corrected chi connectivity index (χ0v) is 21.0. The van der Waals surface area contributed by atoms with E-state index in [0.717, 1.165) is 52.0 Å². The number of amides is 2. The molecule has 3 fully saturated rings. The molecule has 1 N–H and O–H groups in total. The van der Waals surface area contributed by atoms with E-state index in [1.165, 1.54) is 6.07 Å². The number of halogens is 4. The molecule has 3 heterocycles. The molecule has 1 aromatic rings. The van der Waals surface area contributed by atoms with E-state index < -0.39 is 18.0 Å². The van der Waals surface area contributed by atoms with Gasteiger partial charge in [-0.2, -0.15) is 13.2 Å². The second-order valence-electron chi connectivity index (χ2n) is 9.78. The Morgan fingerprint density at radius 1 is 1.08 bits per heavy atom. The maximum Gasteiger partial charge on any atom is 0.490 e. The normalized spacial score (nSPS) is 23.5. The molecule has 0 saturated carbocycles. The van der Waals surface area contributed by atoms with E-state index in [1.807, 2.05) is 11.8 Å². The van der Waals surface area contributed by atoms with Gasteiger partial charge in [0.2, 0.25) is 5.91 Å². The van der Waals surface area contributed by atoms with E-state index >= 15 is 0 Å². The SMILES string of the molecule is CCN1CCC2(CN(CCOC)CC23CCN(C(=O)c2ccccc2F)CC3)C1=O.O=C(O)C(F)(F)F. The largest absolute Gasteiger partial charge is 0.490 e. The van der Waals surface area contributed by atoms with Gasteiger partial charge < -0.3 is 19.6 Å². The number of benzene rings is 1. The van der Waals surface area contributed by atoms with Crippen LogP contribution in [0.4, 0.5) is 17.6 Å². The Balaban J connectivity index is 0.000000479. The molecule has 8 nitrogen and oxygen atoms in total. The minimum atomic E-state index is -5.08. The first kappa shape index (κ1) is 28.8. The third kappa shape index (κ3) is 5.74. The Bertz CT molecular complexity index is 997. The van der Waals surface area contributed by atoms with Crippen molar-refractivity contribution in [3.63, 3.8) is 0 Å². The van der Waals surface area contributed by atoms with Gasteiger partial charge in [-0.25, -0.2) is 9.18 Å². The van der Waals surface area contributed by atoms with E-state index in [0.29, 0.717) is 19.7 Å². The Morgan fingerprint density at radius 2 is 1.70 bits per heavy atom. The van der Waals surface area contributed by atoms with E-state index in [9.17, 15) is 27.2 Å². The zero-order valence-electron chi connectivity index (χ0n) is 21.0. The molecule has 1 atom stereocenters. The fraction of sp³-hybridized carbons (Fsp3) is 0.640. The summed E-state index contributed by atoms with van der Waals surface area (Å²) < 4.78 is 51.1. The highest BCUT2D eigenvalue weighted by atomic mass is 19.4. The highest BCUT2D eigenvalue weighted by molar-refractivity contribution is 5.94. The van der Waals surface area contributed by atoms with Crippen LogP contribution >= 0.6 is 0 Å². The van der Waals surface area contributed by atoms with Gasteiger partial charge in [-0.1, -0.05) is 12.1 Å². The number of aliphatic carboxylic acids is 1. The maximum atomic E-state index is 14.1. The number of hydrogen-bond acceptors (Lipinski definition) is 5. The van der Waals surface area contributed by atoms with Crippen molar-refractivity contribution in [2.45, 2.75) is 32.4 Å². The number of alkyl halides is 3. The van der Waals surface area contributed by atoms with E-state index in [-0.39, 0.29) is 28.2 Å². The lowest BCUT2D eigenvalue weighted by molar-refractivity contribution is -0.192. The van der Waals surface area contributed by atoms with Crippen LogP contribution in [0.1, 0.15) is 36.5 Å². The number of likely N-dealkylation sites (tertiary alicyclic amines) is 3. The van der Waals surface area contributed by atoms with Crippen molar-refractivity contribution in [2.24, 2.45) is 10.8 Å². The van der Waals surface area contributed by atoms with Crippen LogP contribution in [-0.2, 0) is 14.3 Å². The molecule has 12 heteroatoms. The summed E-state index contributed by atoms with van der Waals surface area (Å²) in [5, 5.41) is 7.12. The van der Waals surface area contributed by atoms with Crippen molar-refractivity contribution in [2.75, 3.05) is 59.5 Å². The van der Waals surface area contributed by atoms with Crippen LogP contribution in [0.5, 0.6) is 0 Å². The number of methoxy groups -OCH3 is 1. The molecule has 4 rings (SSSR count). The minimum absolute atomic E-state index is 0.130. The van der Waals surface area contributed by atoms with Crippen molar-refractivity contribution < 1.29 is 41.8 Å². The number of piperidine rings is 1. The number of fused-ring (bicyclic) bond motifs is 1. The second-order valence-corrected chi connectivity index (χ2v) is 9.78. The lowest BCUT2D eigenvalue weighted by atomic mass is 9.60. The van der Waals surface area contributed by atoms with Crippen molar-refractivity contribution in [3.8, 4) is 0 Å². The number of rotatable bonds is 5. The molecule has 0 radical (unpaired) electrons. The smallest absolute Gasteiger partial charge is 0.475 e. The molecule has 1 aromatic carbocycles. The maximum absolute atomic E-state index is 14.1. The van der Waals surface area contributed by atoms with Gasteiger partial charge >= 0.3 is 12.1 Å². The first-order valence-electron chi connectivity index (χ1n) is 12.3. The quantitative estimate of drug-likeness (QED) is 0.588. The van der Waals surface area contributed by atoms with E-state index in [2.05, 4.69) is 4.90 Å². The average molecular weight is 532 g/mol. The number of carbonyl (C=O) groups excluding carboxylic acids is 2. The Kier molecular flexibility index (Phi) is 8.84. The number of ether oxygens (including phenoxy) is 1. The van der Waals surface area contributed by atoms with Crippen molar-refractivity contribution in [1.82, 2.24) is 14.7 Å². The topological polar surface area (TPSA) is 90.4 Å². The van der Waals surface area contributed by atoms with Crippen molar-refractivity contribution in [3.05, 3.63) is 35.6 Å². The van der Waals surface area contributed by atoms with Crippen LogP contribution in [0.2, 0.25) is 0 Å². The molecule has 206 valence electrons. The molecule has 37 heavy (non-hydrogen) atoms. The van der Waals surface area contributed by atoms with Crippen LogP contribution in [0.3, 0.4) is 0 Å². The van der Waals surface area contributed by atoms with Crippen LogP contribution in [0, 0.1) is 16.6 Å². The minimum Gasteiger partial charge on any atom is -0.475 e. The summed E-state index contributed by atoms with van der Waals surface area (Å²) in [5.41, 5.74) is -0.372. The van der Waals surface area contributed by atoms with Gasteiger partial charge in [0.15, 0.2) is 0 Å². The van der Waals surface area contributed by atoms with Gasteiger partial charge in [-0.15, -0.1) is 0 Å². The van der Waals surface area contributed by atoms with Crippen molar-refractivity contribution >= 4 is 17.8 Å². The first-order valence-corrected chi connectivity index (χ1v) is 12.3. The van der Waals surface area contributed by atoms with Crippen LogP contribution in [0.15, 0.2) is 24.3 Å². The summed E-state index contributed by atoms with van der Waals surface area (Å²) in [4.78, 5) is 41.4. The van der Waals surface area contributed by atoms with Crippen LogP contribution < -0.4 is 0 Å². The fourth-order valence-electron chi connectivity index (χ4n) is 5.92. The summed E-state index contributed by atoms with van der Waals surface area (Å²) in [7, 11) is 1.70. The fourth-order valence-corrected chi connectivity index (χ4v) is 5.92. The predicted octanol–water partition coefficient (Wildman–Crippen LogP) is 2.88. The zero-order chi connectivity index (χ0) is 27.4. The summed E-state index contributed by atoms with van der Waals surface area (Å²) in [5.74, 6) is -3.21. The summed E-state index contributed by atoms with van der Waals surface area (Å²) >= 11 is 0. The molecule has 3 aliphatic rings. The van der Waals surface area contributed by atoms with Gasteiger partial charge in [0.25, 0.3) is 5.91 Å². The molecule has 0 bridgehead atoms. The molecule has 1 unspecified atom stereocenters.